The molecule has 6 heteroatoms. The number of hydrogen-bond donors (Lipinski definition) is 1. The molecule has 0 aromatic carbocycles. The van der Waals surface area contributed by atoms with Gasteiger partial charge < -0.3 is 0 Å². The Hall–Kier alpha value is -0.640. The fraction of sp³-hybridized carbons (Fsp3) is 0.900. The zero-order chi connectivity index (χ0) is 12.2. The molecule has 0 saturated carbocycles. The van der Waals surface area contributed by atoms with Crippen molar-refractivity contribution in [2.45, 2.75) is 26.7 Å². The van der Waals surface area contributed by atoms with Crippen LogP contribution in [0.4, 0.5) is 0 Å². The normalized spacial score (nSPS) is 21.6. The second kappa shape index (κ2) is 5.62. The van der Waals surface area contributed by atoms with Crippen molar-refractivity contribution in [3.8, 4) is 6.07 Å². The first-order chi connectivity index (χ1) is 7.45. The highest BCUT2D eigenvalue weighted by Crippen LogP contribution is 2.17. The largest absolute Gasteiger partial charge is 0.279 e. The summed E-state index contributed by atoms with van der Waals surface area (Å²) in [4.78, 5) is 0. The van der Waals surface area contributed by atoms with Gasteiger partial charge in [0, 0.05) is 19.6 Å². The Morgan fingerprint density at radius 2 is 2.06 bits per heavy atom. The van der Waals surface area contributed by atoms with Crippen molar-refractivity contribution in [2.75, 3.05) is 19.6 Å². The minimum Gasteiger partial charge on any atom is -0.201 e. The molecule has 0 bridgehead atoms. The van der Waals surface area contributed by atoms with E-state index in [0.29, 0.717) is 19.0 Å². The van der Waals surface area contributed by atoms with Crippen molar-refractivity contribution in [1.82, 2.24) is 9.03 Å². The Kier molecular flexibility index (Phi) is 4.71. The standard InChI is InChI=1S/C10H19N3O2S/c1-9-3-5-13(6-4-9)16(14,15)12-8-10(2)7-11/h9-10,12H,3-6,8H2,1-2H3. The molecule has 1 fully saturated rings. The van der Waals surface area contributed by atoms with Crippen LogP contribution in [0.1, 0.15) is 26.7 Å². The third-order valence-corrected chi connectivity index (χ3v) is 4.45. The van der Waals surface area contributed by atoms with Crippen LogP contribution in [0.3, 0.4) is 0 Å². The average Bonchev–Trinajstić information content (AvgIpc) is 2.26. The van der Waals surface area contributed by atoms with E-state index >= 15 is 0 Å². The van der Waals surface area contributed by atoms with Crippen LogP contribution in [0.5, 0.6) is 0 Å². The lowest BCUT2D eigenvalue weighted by Gasteiger charge is -2.29. The van der Waals surface area contributed by atoms with Gasteiger partial charge in [-0.1, -0.05) is 6.92 Å². The molecule has 1 unspecified atom stereocenters. The molecule has 1 atom stereocenters. The summed E-state index contributed by atoms with van der Waals surface area (Å²) in [5.41, 5.74) is 0. The molecule has 0 radical (unpaired) electrons. The Morgan fingerprint density at radius 1 is 1.50 bits per heavy atom. The van der Waals surface area contributed by atoms with Crippen LogP contribution in [0.15, 0.2) is 0 Å². The Morgan fingerprint density at radius 3 is 2.56 bits per heavy atom. The van der Waals surface area contributed by atoms with E-state index in [2.05, 4.69) is 11.6 Å². The van der Waals surface area contributed by atoms with Crippen molar-refractivity contribution in [2.24, 2.45) is 11.8 Å². The molecule has 0 amide bonds. The summed E-state index contributed by atoms with van der Waals surface area (Å²) in [6.07, 6.45) is 1.82. The molecule has 1 aliphatic heterocycles. The smallest absolute Gasteiger partial charge is 0.201 e. The maximum Gasteiger partial charge on any atom is 0.279 e. The van der Waals surface area contributed by atoms with Gasteiger partial charge in [-0.15, -0.1) is 0 Å². The predicted molar refractivity (Wildman–Crippen MR) is 61.7 cm³/mol. The molecule has 1 aliphatic rings. The molecule has 1 saturated heterocycles. The first kappa shape index (κ1) is 13.4. The van der Waals surface area contributed by atoms with Gasteiger partial charge in [0.05, 0.1) is 12.0 Å². The van der Waals surface area contributed by atoms with Crippen LogP contribution in [-0.2, 0) is 10.2 Å². The lowest BCUT2D eigenvalue weighted by atomic mass is 10.0. The predicted octanol–water partition coefficient (Wildman–Crippen LogP) is 0.712. The summed E-state index contributed by atoms with van der Waals surface area (Å²) in [5, 5.41) is 8.58. The van der Waals surface area contributed by atoms with Gasteiger partial charge in [0.25, 0.3) is 10.2 Å². The number of nitrogens with zero attached hydrogens (tertiary/aromatic N) is 2. The van der Waals surface area contributed by atoms with Crippen LogP contribution in [0.2, 0.25) is 0 Å². The van der Waals surface area contributed by atoms with Crippen LogP contribution < -0.4 is 4.72 Å². The quantitative estimate of drug-likeness (QED) is 0.793. The lowest BCUT2D eigenvalue weighted by molar-refractivity contribution is 0.284. The first-order valence-corrected chi connectivity index (χ1v) is 7.04. The zero-order valence-electron chi connectivity index (χ0n) is 9.81. The maximum atomic E-state index is 11.8. The highest BCUT2D eigenvalue weighted by Gasteiger charge is 2.26. The van der Waals surface area contributed by atoms with Crippen LogP contribution in [0, 0.1) is 23.2 Å². The molecule has 16 heavy (non-hydrogen) atoms. The number of nitriles is 1. The SMILES string of the molecule is CC(C#N)CNS(=O)(=O)N1CCC(C)CC1. The second-order valence-corrected chi connectivity index (χ2v) is 6.22. The van der Waals surface area contributed by atoms with Gasteiger partial charge in [0.15, 0.2) is 0 Å². The molecule has 1 heterocycles. The van der Waals surface area contributed by atoms with E-state index in [1.54, 1.807) is 6.92 Å². The highest BCUT2D eigenvalue weighted by atomic mass is 32.2. The van der Waals surface area contributed by atoms with Gasteiger partial charge in [0.1, 0.15) is 0 Å². The molecule has 0 spiro atoms. The number of hydrogen-bond acceptors (Lipinski definition) is 3. The van der Waals surface area contributed by atoms with Crippen LogP contribution in [0.25, 0.3) is 0 Å². The molecule has 0 aromatic rings. The van der Waals surface area contributed by atoms with Crippen molar-refractivity contribution >= 4 is 10.2 Å². The van der Waals surface area contributed by atoms with Gasteiger partial charge in [-0.05, 0) is 25.7 Å². The second-order valence-electron chi connectivity index (χ2n) is 4.47. The molecule has 1 N–H and O–H groups in total. The summed E-state index contributed by atoms with van der Waals surface area (Å²) in [6.45, 7) is 5.18. The van der Waals surface area contributed by atoms with Crippen molar-refractivity contribution in [3.05, 3.63) is 0 Å². The van der Waals surface area contributed by atoms with E-state index in [-0.39, 0.29) is 12.5 Å². The summed E-state index contributed by atoms with van der Waals surface area (Å²) < 4.78 is 27.6. The molecule has 5 nitrogen and oxygen atoms in total. The van der Waals surface area contributed by atoms with Gasteiger partial charge in [-0.3, -0.25) is 0 Å². The minimum absolute atomic E-state index is 0.185. The summed E-state index contributed by atoms with van der Waals surface area (Å²) in [5.74, 6) is 0.308. The Balaban J connectivity index is 2.48. The molecular formula is C10H19N3O2S. The number of rotatable bonds is 4. The summed E-state index contributed by atoms with van der Waals surface area (Å²) in [6, 6.07) is 2.00. The number of nitrogens with one attached hydrogen (secondary N) is 1. The molecule has 0 aliphatic carbocycles. The van der Waals surface area contributed by atoms with E-state index in [1.165, 1.54) is 4.31 Å². The summed E-state index contributed by atoms with van der Waals surface area (Å²) in [7, 11) is -3.38. The number of piperidine rings is 1. The molecule has 1 rings (SSSR count). The van der Waals surface area contributed by atoms with E-state index in [0.717, 1.165) is 12.8 Å². The Labute approximate surface area is 97.6 Å². The van der Waals surface area contributed by atoms with Crippen molar-refractivity contribution in [3.63, 3.8) is 0 Å². The monoisotopic (exact) mass is 245 g/mol. The summed E-state index contributed by atoms with van der Waals surface area (Å²) >= 11 is 0. The highest BCUT2D eigenvalue weighted by molar-refractivity contribution is 7.87. The van der Waals surface area contributed by atoms with Gasteiger partial charge in [-0.2, -0.15) is 18.0 Å². The zero-order valence-corrected chi connectivity index (χ0v) is 10.6. The molecular weight excluding hydrogens is 226 g/mol. The minimum atomic E-state index is -3.38. The maximum absolute atomic E-state index is 11.8. The first-order valence-electron chi connectivity index (χ1n) is 5.60. The third kappa shape index (κ3) is 3.74. The van der Waals surface area contributed by atoms with Gasteiger partial charge in [0.2, 0.25) is 0 Å². The topological polar surface area (TPSA) is 73.2 Å². The fourth-order valence-electron chi connectivity index (χ4n) is 1.59. The van der Waals surface area contributed by atoms with Gasteiger partial charge >= 0.3 is 0 Å². The van der Waals surface area contributed by atoms with Crippen LogP contribution >= 0.6 is 0 Å². The third-order valence-electron chi connectivity index (χ3n) is 2.87. The fourth-order valence-corrected chi connectivity index (χ4v) is 2.93. The van der Waals surface area contributed by atoms with E-state index in [1.807, 2.05) is 6.07 Å². The Bertz CT molecular complexity index is 353. The van der Waals surface area contributed by atoms with E-state index in [4.69, 9.17) is 5.26 Å². The molecule has 0 aromatic heterocycles. The van der Waals surface area contributed by atoms with E-state index in [9.17, 15) is 8.42 Å². The van der Waals surface area contributed by atoms with E-state index < -0.39 is 10.2 Å². The van der Waals surface area contributed by atoms with Crippen molar-refractivity contribution in [1.29, 1.82) is 5.26 Å². The lowest BCUT2D eigenvalue weighted by Crippen LogP contribution is -2.45. The van der Waals surface area contributed by atoms with Crippen molar-refractivity contribution < 1.29 is 8.42 Å². The molecule has 92 valence electrons. The van der Waals surface area contributed by atoms with Crippen LogP contribution in [-0.4, -0.2) is 32.4 Å². The van der Waals surface area contributed by atoms with Gasteiger partial charge in [-0.25, -0.2) is 4.72 Å². The average molecular weight is 245 g/mol.